The second-order valence-electron chi connectivity index (χ2n) is 2.57. The van der Waals surface area contributed by atoms with Gasteiger partial charge in [-0.15, -0.1) is 0 Å². The Balaban J connectivity index is 3.29. The summed E-state index contributed by atoms with van der Waals surface area (Å²) in [7, 11) is 0. The molecule has 0 saturated carbocycles. The summed E-state index contributed by atoms with van der Waals surface area (Å²) in [4.78, 5) is 10.1. The SMILES string of the molecule is O=CNc1cc(C(F)(F)F)c(F)cc1Br. The molecule has 0 aromatic heterocycles. The zero-order valence-electron chi connectivity index (χ0n) is 7.03. The number of hydrogen-bond acceptors (Lipinski definition) is 1. The third-order valence-corrected chi connectivity index (χ3v) is 2.23. The largest absolute Gasteiger partial charge is 0.419 e. The van der Waals surface area contributed by atoms with Gasteiger partial charge in [-0.1, -0.05) is 0 Å². The summed E-state index contributed by atoms with van der Waals surface area (Å²) in [6.45, 7) is 0. The number of carbonyl (C=O) groups is 1. The lowest BCUT2D eigenvalue weighted by atomic mass is 10.2. The van der Waals surface area contributed by atoms with E-state index in [4.69, 9.17) is 0 Å². The van der Waals surface area contributed by atoms with Gasteiger partial charge in [0.2, 0.25) is 6.41 Å². The smallest absolute Gasteiger partial charge is 0.328 e. The zero-order chi connectivity index (χ0) is 11.6. The number of hydrogen-bond donors (Lipinski definition) is 1. The van der Waals surface area contributed by atoms with Crippen LogP contribution in [0.4, 0.5) is 23.2 Å². The van der Waals surface area contributed by atoms with Crippen molar-refractivity contribution in [3.05, 3.63) is 28.0 Å². The van der Waals surface area contributed by atoms with Crippen molar-refractivity contribution in [3.8, 4) is 0 Å². The first kappa shape index (κ1) is 12.0. The van der Waals surface area contributed by atoms with Gasteiger partial charge in [0.1, 0.15) is 5.82 Å². The van der Waals surface area contributed by atoms with Gasteiger partial charge in [0, 0.05) is 4.47 Å². The van der Waals surface area contributed by atoms with Crippen LogP contribution in [0.3, 0.4) is 0 Å². The second-order valence-corrected chi connectivity index (χ2v) is 3.43. The third-order valence-electron chi connectivity index (χ3n) is 1.58. The normalized spacial score (nSPS) is 11.3. The first-order chi connectivity index (χ1) is 6.86. The molecule has 0 heterocycles. The highest BCUT2D eigenvalue weighted by Crippen LogP contribution is 2.35. The molecule has 0 atom stereocenters. The Kier molecular flexibility index (Phi) is 3.33. The Morgan fingerprint density at radius 3 is 2.40 bits per heavy atom. The lowest BCUT2D eigenvalue weighted by Gasteiger charge is -2.10. The van der Waals surface area contributed by atoms with Crippen LogP contribution in [0.2, 0.25) is 0 Å². The lowest BCUT2D eigenvalue weighted by Crippen LogP contribution is -2.09. The Morgan fingerprint density at radius 1 is 1.33 bits per heavy atom. The maximum absolute atomic E-state index is 12.9. The molecule has 0 bridgehead atoms. The molecule has 0 unspecified atom stereocenters. The van der Waals surface area contributed by atoms with Gasteiger partial charge >= 0.3 is 6.18 Å². The average Bonchev–Trinajstić information content (AvgIpc) is 2.07. The minimum atomic E-state index is -4.79. The van der Waals surface area contributed by atoms with E-state index in [1.54, 1.807) is 0 Å². The minimum Gasteiger partial charge on any atom is -0.328 e. The topological polar surface area (TPSA) is 29.1 Å². The molecule has 1 aromatic rings. The molecule has 0 saturated heterocycles. The third kappa shape index (κ3) is 2.68. The molecule has 0 radical (unpaired) electrons. The number of anilines is 1. The van der Waals surface area contributed by atoms with Crippen molar-refractivity contribution in [1.82, 2.24) is 0 Å². The van der Waals surface area contributed by atoms with Crippen LogP contribution in [0.15, 0.2) is 16.6 Å². The van der Waals surface area contributed by atoms with Crippen LogP contribution in [0.1, 0.15) is 5.56 Å². The first-order valence-electron chi connectivity index (χ1n) is 3.62. The van der Waals surface area contributed by atoms with Crippen LogP contribution in [-0.4, -0.2) is 6.41 Å². The van der Waals surface area contributed by atoms with Crippen molar-refractivity contribution >= 4 is 28.0 Å². The standard InChI is InChI=1S/C8H4BrF4NO/c9-5-2-6(10)4(8(11,12)13)1-7(5)14-3-15/h1-3H,(H,14,15). The van der Waals surface area contributed by atoms with Gasteiger partial charge < -0.3 is 5.32 Å². The molecule has 0 aliphatic rings. The first-order valence-corrected chi connectivity index (χ1v) is 4.42. The highest BCUT2D eigenvalue weighted by Gasteiger charge is 2.34. The number of amides is 1. The Bertz CT molecular complexity index is 391. The van der Waals surface area contributed by atoms with Gasteiger partial charge in [0.25, 0.3) is 0 Å². The fraction of sp³-hybridized carbons (Fsp3) is 0.125. The van der Waals surface area contributed by atoms with E-state index in [2.05, 4.69) is 15.9 Å². The summed E-state index contributed by atoms with van der Waals surface area (Å²) in [5.41, 5.74) is -1.56. The molecular formula is C8H4BrF4NO. The molecule has 82 valence electrons. The number of benzene rings is 1. The van der Waals surface area contributed by atoms with Crippen molar-refractivity contribution < 1.29 is 22.4 Å². The summed E-state index contributed by atoms with van der Waals surface area (Å²) in [5, 5.41) is 2.02. The van der Waals surface area contributed by atoms with E-state index < -0.39 is 17.6 Å². The molecule has 0 aliphatic carbocycles. The van der Waals surface area contributed by atoms with Crippen LogP contribution in [0.5, 0.6) is 0 Å². The van der Waals surface area contributed by atoms with E-state index in [0.717, 1.165) is 0 Å². The van der Waals surface area contributed by atoms with E-state index in [1.165, 1.54) is 0 Å². The minimum absolute atomic E-state index is 0.0418. The monoisotopic (exact) mass is 285 g/mol. The van der Waals surface area contributed by atoms with Crippen molar-refractivity contribution in [2.24, 2.45) is 0 Å². The van der Waals surface area contributed by atoms with Crippen molar-refractivity contribution in [3.63, 3.8) is 0 Å². The van der Waals surface area contributed by atoms with Crippen LogP contribution in [0.25, 0.3) is 0 Å². The summed E-state index contributed by atoms with van der Waals surface area (Å²) in [6, 6.07) is 1.17. The molecule has 1 amide bonds. The fourth-order valence-electron chi connectivity index (χ4n) is 0.940. The maximum Gasteiger partial charge on any atom is 0.419 e. The molecule has 0 aliphatic heterocycles. The predicted octanol–water partition coefficient (Wildman–Crippen LogP) is 3.18. The number of halogens is 5. The van der Waals surface area contributed by atoms with Crippen LogP contribution >= 0.6 is 15.9 Å². The zero-order valence-corrected chi connectivity index (χ0v) is 8.62. The van der Waals surface area contributed by atoms with Gasteiger partial charge in [0.05, 0.1) is 11.3 Å². The molecule has 7 heteroatoms. The molecule has 2 nitrogen and oxygen atoms in total. The molecule has 1 rings (SSSR count). The van der Waals surface area contributed by atoms with E-state index in [1.807, 2.05) is 5.32 Å². The van der Waals surface area contributed by atoms with E-state index in [0.29, 0.717) is 12.1 Å². The fourth-order valence-corrected chi connectivity index (χ4v) is 1.37. The summed E-state index contributed by atoms with van der Waals surface area (Å²) in [6.07, 6.45) is -4.58. The van der Waals surface area contributed by atoms with Gasteiger partial charge in [-0.05, 0) is 28.1 Å². The maximum atomic E-state index is 12.9. The number of rotatable bonds is 2. The van der Waals surface area contributed by atoms with Crippen LogP contribution in [-0.2, 0) is 11.0 Å². The van der Waals surface area contributed by atoms with E-state index in [-0.39, 0.29) is 16.6 Å². The summed E-state index contributed by atoms with van der Waals surface area (Å²) >= 11 is 2.82. The van der Waals surface area contributed by atoms with Crippen LogP contribution < -0.4 is 5.32 Å². The average molecular weight is 286 g/mol. The summed E-state index contributed by atoms with van der Waals surface area (Å²) in [5.74, 6) is -1.40. The number of alkyl halides is 3. The van der Waals surface area contributed by atoms with E-state index in [9.17, 15) is 22.4 Å². The number of nitrogens with one attached hydrogen (secondary N) is 1. The second kappa shape index (κ2) is 4.18. The van der Waals surface area contributed by atoms with Gasteiger partial charge in [0.15, 0.2) is 0 Å². The highest BCUT2D eigenvalue weighted by atomic mass is 79.9. The van der Waals surface area contributed by atoms with Crippen molar-refractivity contribution in [2.75, 3.05) is 5.32 Å². The quantitative estimate of drug-likeness (QED) is 0.656. The van der Waals surface area contributed by atoms with Gasteiger partial charge in [-0.25, -0.2) is 4.39 Å². The lowest BCUT2D eigenvalue weighted by molar-refractivity contribution is -0.140. The molecular weight excluding hydrogens is 282 g/mol. The molecule has 0 spiro atoms. The molecule has 1 N–H and O–H groups in total. The number of carbonyl (C=O) groups excluding carboxylic acids is 1. The molecule has 1 aromatic carbocycles. The highest BCUT2D eigenvalue weighted by molar-refractivity contribution is 9.10. The van der Waals surface area contributed by atoms with E-state index >= 15 is 0 Å². The van der Waals surface area contributed by atoms with Crippen LogP contribution in [0, 0.1) is 5.82 Å². The Morgan fingerprint density at radius 2 is 1.93 bits per heavy atom. The van der Waals surface area contributed by atoms with Crippen molar-refractivity contribution in [2.45, 2.75) is 6.18 Å². The molecule has 0 fully saturated rings. The summed E-state index contributed by atoms with van der Waals surface area (Å²) < 4.78 is 49.6. The molecule has 15 heavy (non-hydrogen) atoms. The predicted molar refractivity (Wildman–Crippen MR) is 48.8 cm³/mol. The van der Waals surface area contributed by atoms with Gasteiger partial charge in [-0.2, -0.15) is 13.2 Å². The van der Waals surface area contributed by atoms with Gasteiger partial charge in [-0.3, -0.25) is 4.79 Å². The van der Waals surface area contributed by atoms with Crippen molar-refractivity contribution in [1.29, 1.82) is 0 Å². The Hall–Kier alpha value is -1.11. The Labute approximate surface area is 90.4 Å².